The summed E-state index contributed by atoms with van der Waals surface area (Å²) < 4.78 is 5.32. The molecule has 0 bridgehead atoms. The van der Waals surface area contributed by atoms with E-state index in [0.717, 1.165) is 12.1 Å². The van der Waals surface area contributed by atoms with E-state index in [1.54, 1.807) is 0 Å². The van der Waals surface area contributed by atoms with Crippen LogP contribution in [0.2, 0.25) is 0 Å². The zero-order valence-electron chi connectivity index (χ0n) is 7.11. The molecular weight excluding hydrogens is 126 g/mol. The predicted octanol–water partition coefficient (Wildman–Crippen LogP) is 1.19. The molecule has 0 fully saturated rings. The monoisotopic (exact) mass is 143 g/mol. The minimum absolute atomic E-state index is 0.300. The molecular formula is C8H17NO. The van der Waals surface area contributed by atoms with Gasteiger partial charge in [0.25, 0.3) is 0 Å². The average molecular weight is 143 g/mol. The summed E-state index contributed by atoms with van der Waals surface area (Å²) in [5.74, 6) is 0. The van der Waals surface area contributed by atoms with Gasteiger partial charge in [0.15, 0.2) is 0 Å². The molecule has 0 aromatic carbocycles. The Morgan fingerprint density at radius 3 is 2.60 bits per heavy atom. The van der Waals surface area contributed by atoms with Crippen LogP contribution in [0.25, 0.3) is 0 Å². The summed E-state index contributed by atoms with van der Waals surface area (Å²) in [6.07, 6.45) is 0.300. The van der Waals surface area contributed by atoms with Crippen molar-refractivity contribution in [3.63, 3.8) is 0 Å². The molecule has 0 amide bonds. The van der Waals surface area contributed by atoms with Crippen molar-refractivity contribution in [2.75, 3.05) is 20.2 Å². The Morgan fingerprint density at radius 1 is 1.60 bits per heavy atom. The van der Waals surface area contributed by atoms with Crippen LogP contribution in [0.5, 0.6) is 0 Å². The van der Waals surface area contributed by atoms with Crippen molar-refractivity contribution in [1.82, 2.24) is 5.32 Å². The Balaban J connectivity index is 3.22. The Morgan fingerprint density at radius 2 is 2.20 bits per heavy atom. The molecule has 0 atom stereocenters. The SMILES string of the molecule is C=C(CNC)COC(C)C. The number of rotatable bonds is 5. The van der Waals surface area contributed by atoms with Crippen molar-refractivity contribution < 1.29 is 4.74 Å². The smallest absolute Gasteiger partial charge is 0.0689 e. The quantitative estimate of drug-likeness (QED) is 0.584. The molecule has 0 unspecified atom stereocenters. The van der Waals surface area contributed by atoms with Crippen molar-refractivity contribution >= 4 is 0 Å². The van der Waals surface area contributed by atoms with Crippen LogP contribution >= 0.6 is 0 Å². The van der Waals surface area contributed by atoms with Crippen molar-refractivity contribution in [2.24, 2.45) is 0 Å². The molecule has 0 aromatic rings. The van der Waals surface area contributed by atoms with Gasteiger partial charge in [-0.15, -0.1) is 0 Å². The second-order valence-corrected chi connectivity index (χ2v) is 2.64. The van der Waals surface area contributed by atoms with Crippen LogP contribution in [0.15, 0.2) is 12.2 Å². The Bertz CT molecular complexity index is 99.4. The highest BCUT2D eigenvalue weighted by Gasteiger charge is 1.94. The number of ether oxygens (including phenoxy) is 1. The van der Waals surface area contributed by atoms with E-state index in [-0.39, 0.29) is 0 Å². The average Bonchev–Trinajstić information content (AvgIpc) is 1.85. The van der Waals surface area contributed by atoms with Crippen LogP contribution in [0, 0.1) is 0 Å². The minimum atomic E-state index is 0.300. The molecule has 0 saturated heterocycles. The lowest BCUT2D eigenvalue weighted by Gasteiger charge is -2.08. The summed E-state index contributed by atoms with van der Waals surface area (Å²) in [5.41, 5.74) is 1.09. The highest BCUT2D eigenvalue weighted by atomic mass is 16.5. The van der Waals surface area contributed by atoms with Gasteiger partial charge in [-0.2, -0.15) is 0 Å². The molecule has 0 aliphatic carbocycles. The Kier molecular flexibility index (Phi) is 5.26. The molecule has 0 aliphatic heterocycles. The van der Waals surface area contributed by atoms with E-state index in [0.29, 0.717) is 12.7 Å². The summed E-state index contributed by atoms with van der Waals surface area (Å²) in [5, 5.41) is 3.01. The summed E-state index contributed by atoms with van der Waals surface area (Å²) >= 11 is 0. The highest BCUT2D eigenvalue weighted by molar-refractivity contribution is 4.96. The first-order valence-corrected chi connectivity index (χ1v) is 3.59. The highest BCUT2D eigenvalue weighted by Crippen LogP contribution is 1.93. The van der Waals surface area contributed by atoms with Gasteiger partial charge in [-0.25, -0.2) is 0 Å². The van der Waals surface area contributed by atoms with Crippen LogP contribution < -0.4 is 5.32 Å². The lowest BCUT2D eigenvalue weighted by atomic mass is 10.3. The molecule has 2 heteroatoms. The third-order valence-corrected chi connectivity index (χ3v) is 1.05. The van der Waals surface area contributed by atoms with Gasteiger partial charge in [-0.1, -0.05) is 6.58 Å². The van der Waals surface area contributed by atoms with E-state index >= 15 is 0 Å². The lowest BCUT2D eigenvalue weighted by Crippen LogP contribution is -2.15. The maximum Gasteiger partial charge on any atom is 0.0689 e. The van der Waals surface area contributed by atoms with Gasteiger partial charge in [0, 0.05) is 6.54 Å². The first kappa shape index (κ1) is 9.66. The third kappa shape index (κ3) is 5.79. The standard InChI is InChI=1S/C8H17NO/c1-7(2)10-6-8(3)5-9-4/h7,9H,3,5-6H2,1-2,4H3. The second kappa shape index (κ2) is 5.45. The third-order valence-electron chi connectivity index (χ3n) is 1.05. The van der Waals surface area contributed by atoms with Crippen LogP contribution in [-0.4, -0.2) is 26.3 Å². The molecule has 60 valence electrons. The molecule has 2 nitrogen and oxygen atoms in total. The summed E-state index contributed by atoms with van der Waals surface area (Å²) in [7, 11) is 1.90. The van der Waals surface area contributed by atoms with Crippen LogP contribution in [0.1, 0.15) is 13.8 Å². The molecule has 1 N–H and O–H groups in total. The minimum Gasteiger partial charge on any atom is -0.374 e. The topological polar surface area (TPSA) is 21.3 Å². The van der Waals surface area contributed by atoms with Gasteiger partial charge in [0.2, 0.25) is 0 Å². The van der Waals surface area contributed by atoms with Gasteiger partial charge in [-0.3, -0.25) is 0 Å². The van der Waals surface area contributed by atoms with Crippen molar-refractivity contribution in [1.29, 1.82) is 0 Å². The van der Waals surface area contributed by atoms with E-state index in [9.17, 15) is 0 Å². The second-order valence-electron chi connectivity index (χ2n) is 2.64. The van der Waals surface area contributed by atoms with E-state index in [1.807, 2.05) is 20.9 Å². The molecule has 0 aliphatic rings. The van der Waals surface area contributed by atoms with Gasteiger partial charge in [0.1, 0.15) is 0 Å². The van der Waals surface area contributed by atoms with Crippen LogP contribution in [0.4, 0.5) is 0 Å². The Hall–Kier alpha value is -0.340. The molecule has 0 saturated carbocycles. The predicted molar refractivity (Wildman–Crippen MR) is 44.2 cm³/mol. The van der Waals surface area contributed by atoms with Gasteiger partial charge < -0.3 is 10.1 Å². The zero-order chi connectivity index (χ0) is 7.98. The Labute approximate surface area is 63.3 Å². The molecule has 10 heavy (non-hydrogen) atoms. The lowest BCUT2D eigenvalue weighted by molar-refractivity contribution is 0.0966. The van der Waals surface area contributed by atoms with Gasteiger partial charge >= 0.3 is 0 Å². The van der Waals surface area contributed by atoms with Gasteiger partial charge in [0.05, 0.1) is 12.7 Å². The van der Waals surface area contributed by atoms with Crippen molar-refractivity contribution in [2.45, 2.75) is 20.0 Å². The number of likely N-dealkylation sites (N-methyl/N-ethyl adjacent to an activating group) is 1. The summed E-state index contributed by atoms with van der Waals surface area (Å²) in [4.78, 5) is 0. The maximum absolute atomic E-state index is 5.32. The molecule has 0 rings (SSSR count). The van der Waals surface area contributed by atoms with E-state index in [1.165, 1.54) is 0 Å². The number of hydrogen-bond donors (Lipinski definition) is 1. The molecule has 0 radical (unpaired) electrons. The first-order chi connectivity index (χ1) is 4.66. The molecule has 0 spiro atoms. The first-order valence-electron chi connectivity index (χ1n) is 3.59. The summed E-state index contributed by atoms with van der Waals surface area (Å²) in [6, 6.07) is 0. The summed E-state index contributed by atoms with van der Waals surface area (Å²) in [6.45, 7) is 9.38. The van der Waals surface area contributed by atoms with Crippen LogP contribution in [-0.2, 0) is 4.74 Å². The van der Waals surface area contributed by atoms with E-state index in [2.05, 4.69) is 11.9 Å². The normalized spacial score (nSPS) is 10.4. The van der Waals surface area contributed by atoms with Crippen molar-refractivity contribution in [3.8, 4) is 0 Å². The van der Waals surface area contributed by atoms with E-state index < -0.39 is 0 Å². The van der Waals surface area contributed by atoms with Crippen LogP contribution in [0.3, 0.4) is 0 Å². The zero-order valence-corrected chi connectivity index (χ0v) is 7.11. The van der Waals surface area contributed by atoms with Crippen molar-refractivity contribution in [3.05, 3.63) is 12.2 Å². The fourth-order valence-corrected chi connectivity index (χ4v) is 0.586. The van der Waals surface area contributed by atoms with Gasteiger partial charge in [-0.05, 0) is 26.5 Å². The fraction of sp³-hybridized carbons (Fsp3) is 0.750. The largest absolute Gasteiger partial charge is 0.374 e. The number of hydrogen-bond acceptors (Lipinski definition) is 2. The molecule has 0 heterocycles. The van der Waals surface area contributed by atoms with E-state index in [4.69, 9.17) is 4.74 Å². The maximum atomic E-state index is 5.32. The number of nitrogens with one attached hydrogen (secondary N) is 1. The molecule has 0 aromatic heterocycles. The fourth-order valence-electron chi connectivity index (χ4n) is 0.586.